The van der Waals surface area contributed by atoms with E-state index in [0.29, 0.717) is 17.3 Å². The molecule has 2 N–H and O–H groups in total. The summed E-state index contributed by atoms with van der Waals surface area (Å²) in [6, 6.07) is 4.41. The molecular weight excluding hydrogens is 256 g/mol. The number of H-pyrrole nitrogens is 1. The quantitative estimate of drug-likeness (QED) is 0.658. The zero-order valence-electron chi connectivity index (χ0n) is 9.61. The number of rotatable bonds is 4. The molecule has 1 aromatic heterocycles. The molecule has 1 aromatic carbocycles. The van der Waals surface area contributed by atoms with Crippen LogP contribution in [0.3, 0.4) is 0 Å². The van der Waals surface area contributed by atoms with Gasteiger partial charge in [0.2, 0.25) is 0 Å². The zero-order chi connectivity index (χ0) is 13.1. The first-order valence-corrected chi connectivity index (χ1v) is 5.62. The highest BCUT2D eigenvalue weighted by Crippen LogP contribution is 2.28. The molecule has 0 bridgehead atoms. The summed E-state index contributed by atoms with van der Waals surface area (Å²) >= 11 is 5.83. The molecule has 18 heavy (non-hydrogen) atoms. The number of anilines is 1. The minimum Gasteiger partial charge on any atom is -0.375 e. The van der Waals surface area contributed by atoms with Gasteiger partial charge in [-0.2, -0.15) is 5.10 Å². The van der Waals surface area contributed by atoms with Crippen molar-refractivity contribution in [1.82, 2.24) is 10.2 Å². The highest BCUT2D eigenvalue weighted by Gasteiger charge is 2.13. The smallest absolute Gasteiger partial charge is 0.292 e. The fourth-order valence-electron chi connectivity index (χ4n) is 1.55. The van der Waals surface area contributed by atoms with Gasteiger partial charge < -0.3 is 5.32 Å². The molecule has 2 rings (SSSR count). The van der Waals surface area contributed by atoms with Crippen LogP contribution in [0, 0.1) is 17.0 Å². The van der Waals surface area contributed by atoms with E-state index < -0.39 is 4.92 Å². The molecule has 0 atom stereocenters. The summed E-state index contributed by atoms with van der Waals surface area (Å²) in [6.07, 6.45) is 1.68. The van der Waals surface area contributed by atoms with E-state index in [0.717, 1.165) is 11.3 Å². The van der Waals surface area contributed by atoms with Crippen LogP contribution in [-0.4, -0.2) is 15.1 Å². The van der Waals surface area contributed by atoms with Crippen molar-refractivity contribution in [3.05, 3.63) is 50.8 Å². The van der Waals surface area contributed by atoms with Gasteiger partial charge in [-0.05, 0) is 19.1 Å². The van der Waals surface area contributed by atoms with E-state index in [-0.39, 0.29) is 5.69 Å². The number of halogens is 1. The van der Waals surface area contributed by atoms with Crippen LogP contribution in [0.2, 0.25) is 5.02 Å². The van der Waals surface area contributed by atoms with Gasteiger partial charge in [0.1, 0.15) is 5.69 Å². The van der Waals surface area contributed by atoms with Crippen LogP contribution >= 0.6 is 11.6 Å². The number of nitrogens with zero attached hydrogens (tertiary/aromatic N) is 2. The number of hydrogen-bond donors (Lipinski definition) is 2. The van der Waals surface area contributed by atoms with E-state index in [1.165, 1.54) is 18.2 Å². The van der Waals surface area contributed by atoms with Crippen molar-refractivity contribution in [1.29, 1.82) is 0 Å². The fourth-order valence-corrected chi connectivity index (χ4v) is 1.73. The third kappa shape index (κ3) is 2.60. The molecule has 7 heteroatoms. The summed E-state index contributed by atoms with van der Waals surface area (Å²) in [4.78, 5) is 10.4. The van der Waals surface area contributed by atoms with Gasteiger partial charge in [0.15, 0.2) is 0 Å². The third-order valence-corrected chi connectivity index (χ3v) is 2.79. The van der Waals surface area contributed by atoms with Gasteiger partial charge in [-0.25, -0.2) is 0 Å². The van der Waals surface area contributed by atoms with E-state index in [4.69, 9.17) is 11.6 Å². The third-order valence-electron chi connectivity index (χ3n) is 2.56. The monoisotopic (exact) mass is 266 g/mol. The number of nitro groups is 1. The number of aryl methyl sites for hydroxylation is 1. The molecule has 0 spiro atoms. The number of benzene rings is 1. The standard InChI is InChI=1S/C11H11ClN4O2/c1-7-8(6-14-15-7)5-13-10-4-9(12)2-3-11(10)16(17)18/h2-4,6,13H,5H2,1H3,(H,14,15). The van der Waals surface area contributed by atoms with Crippen LogP contribution in [0.25, 0.3) is 0 Å². The number of hydrogen-bond acceptors (Lipinski definition) is 4. The molecule has 0 saturated heterocycles. The second-order valence-corrected chi connectivity index (χ2v) is 4.23. The molecule has 0 aliphatic heterocycles. The molecule has 94 valence electrons. The molecule has 0 radical (unpaired) electrons. The fraction of sp³-hybridized carbons (Fsp3) is 0.182. The number of aromatic amines is 1. The molecule has 2 aromatic rings. The van der Waals surface area contributed by atoms with Gasteiger partial charge in [0.05, 0.1) is 11.1 Å². The summed E-state index contributed by atoms with van der Waals surface area (Å²) in [6.45, 7) is 2.33. The Bertz CT molecular complexity index is 582. The van der Waals surface area contributed by atoms with Crippen molar-refractivity contribution >= 4 is 23.0 Å². The van der Waals surface area contributed by atoms with Gasteiger partial charge in [-0.3, -0.25) is 15.2 Å². The van der Waals surface area contributed by atoms with Crippen LogP contribution < -0.4 is 5.32 Å². The second kappa shape index (κ2) is 5.05. The lowest BCUT2D eigenvalue weighted by Gasteiger charge is -2.06. The summed E-state index contributed by atoms with van der Waals surface area (Å²) in [5.74, 6) is 0. The van der Waals surface area contributed by atoms with Crippen molar-refractivity contribution in [2.24, 2.45) is 0 Å². The van der Waals surface area contributed by atoms with Gasteiger partial charge in [0.25, 0.3) is 5.69 Å². The molecule has 0 fully saturated rings. The highest BCUT2D eigenvalue weighted by molar-refractivity contribution is 6.31. The topological polar surface area (TPSA) is 83.8 Å². The molecule has 0 aliphatic carbocycles. The van der Waals surface area contributed by atoms with E-state index in [9.17, 15) is 10.1 Å². The SMILES string of the molecule is Cc1[nH]ncc1CNc1cc(Cl)ccc1[N+](=O)[O-]. The number of nitro benzene ring substituents is 1. The van der Waals surface area contributed by atoms with Crippen molar-refractivity contribution in [2.75, 3.05) is 5.32 Å². The van der Waals surface area contributed by atoms with Crippen LogP contribution in [0.5, 0.6) is 0 Å². The summed E-state index contributed by atoms with van der Waals surface area (Å²) in [5, 5.41) is 21.0. The lowest BCUT2D eigenvalue weighted by Crippen LogP contribution is -2.03. The maximum Gasteiger partial charge on any atom is 0.292 e. The number of nitrogens with one attached hydrogen (secondary N) is 2. The second-order valence-electron chi connectivity index (χ2n) is 3.79. The Morgan fingerprint density at radius 3 is 2.94 bits per heavy atom. The van der Waals surface area contributed by atoms with Crippen molar-refractivity contribution in [3.8, 4) is 0 Å². The van der Waals surface area contributed by atoms with Crippen LogP contribution in [-0.2, 0) is 6.54 Å². The van der Waals surface area contributed by atoms with Crippen LogP contribution in [0.15, 0.2) is 24.4 Å². The molecule has 0 saturated carbocycles. The van der Waals surface area contributed by atoms with Crippen molar-refractivity contribution < 1.29 is 4.92 Å². The summed E-state index contributed by atoms with van der Waals surface area (Å²) in [5.41, 5.74) is 2.27. The van der Waals surface area contributed by atoms with Crippen LogP contribution in [0.4, 0.5) is 11.4 Å². The minimum atomic E-state index is -0.444. The van der Waals surface area contributed by atoms with E-state index in [2.05, 4.69) is 15.5 Å². The van der Waals surface area contributed by atoms with Gasteiger partial charge >= 0.3 is 0 Å². The average molecular weight is 267 g/mol. The Labute approximate surface area is 108 Å². The first-order valence-electron chi connectivity index (χ1n) is 5.24. The first kappa shape index (κ1) is 12.4. The zero-order valence-corrected chi connectivity index (χ0v) is 10.4. The number of aromatic nitrogens is 2. The molecule has 0 aliphatic rings. The first-order chi connectivity index (χ1) is 8.58. The molecule has 0 unspecified atom stereocenters. The predicted octanol–water partition coefficient (Wildman–Crippen LogP) is 2.89. The largest absolute Gasteiger partial charge is 0.375 e. The van der Waals surface area contributed by atoms with E-state index >= 15 is 0 Å². The Kier molecular flexibility index (Phi) is 3.47. The molecular formula is C11H11ClN4O2. The van der Waals surface area contributed by atoms with Gasteiger partial charge in [-0.1, -0.05) is 11.6 Å². The predicted molar refractivity (Wildman–Crippen MR) is 68.8 cm³/mol. The van der Waals surface area contributed by atoms with Crippen molar-refractivity contribution in [3.63, 3.8) is 0 Å². The Hall–Kier alpha value is -2.08. The normalized spacial score (nSPS) is 10.3. The maximum absolute atomic E-state index is 10.9. The Morgan fingerprint density at radius 1 is 1.56 bits per heavy atom. The van der Waals surface area contributed by atoms with Gasteiger partial charge in [-0.15, -0.1) is 0 Å². The molecule has 0 amide bonds. The van der Waals surface area contributed by atoms with E-state index in [1.54, 1.807) is 6.20 Å². The highest BCUT2D eigenvalue weighted by atomic mass is 35.5. The van der Waals surface area contributed by atoms with Gasteiger partial charge in [0, 0.05) is 28.9 Å². The lowest BCUT2D eigenvalue weighted by molar-refractivity contribution is -0.384. The molecule has 6 nitrogen and oxygen atoms in total. The maximum atomic E-state index is 10.9. The molecule has 1 heterocycles. The Morgan fingerprint density at radius 2 is 2.33 bits per heavy atom. The Balaban J connectivity index is 2.20. The van der Waals surface area contributed by atoms with Crippen molar-refractivity contribution in [2.45, 2.75) is 13.5 Å². The van der Waals surface area contributed by atoms with E-state index in [1.807, 2.05) is 6.92 Å². The summed E-state index contributed by atoms with van der Waals surface area (Å²) in [7, 11) is 0. The van der Waals surface area contributed by atoms with Crippen LogP contribution in [0.1, 0.15) is 11.3 Å². The summed E-state index contributed by atoms with van der Waals surface area (Å²) < 4.78 is 0. The lowest BCUT2D eigenvalue weighted by atomic mass is 10.2. The minimum absolute atomic E-state index is 0.000507. The average Bonchev–Trinajstić information content (AvgIpc) is 2.72.